The van der Waals surface area contributed by atoms with Crippen molar-refractivity contribution in [3.05, 3.63) is 17.7 Å². The molecular formula is C14H27N3. The number of hydrogen-bond donors (Lipinski definition) is 1. The maximum Gasteiger partial charge on any atom is 0.105 e. The van der Waals surface area contributed by atoms with E-state index in [-0.39, 0.29) is 0 Å². The summed E-state index contributed by atoms with van der Waals surface area (Å²) in [7, 11) is 1.97. The Kier molecular flexibility index (Phi) is 4.75. The van der Waals surface area contributed by atoms with Crippen LogP contribution in [0.5, 0.6) is 0 Å². The molecule has 1 heterocycles. The number of aromatic nitrogens is 2. The summed E-state index contributed by atoms with van der Waals surface area (Å²) in [6.45, 7) is 12.2. The topological polar surface area (TPSA) is 29.9 Å². The van der Waals surface area contributed by atoms with Crippen molar-refractivity contribution in [2.24, 2.45) is 5.41 Å². The first kappa shape index (κ1) is 14.2. The van der Waals surface area contributed by atoms with Crippen LogP contribution in [0.25, 0.3) is 0 Å². The van der Waals surface area contributed by atoms with E-state index in [0.29, 0.717) is 11.5 Å². The van der Waals surface area contributed by atoms with E-state index in [1.807, 2.05) is 7.05 Å². The van der Waals surface area contributed by atoms with Crippen LogP contribution >= 0.6 is 0 Å². The molecule has 0 aliphatic rings. The molecule has 0 radical (unpaired) electrons. The second-order valence-corrected chi connectivity index (χ2v) is 6.08. The third-order valence-corrected chi connectivity index (χ3v) is 3.20. The quantitative estimate of drug-likeness (QED) is 0.851. The molecule has 0 spiro atoms. The van der Waals surface area contributed by atoms with Gasteiger partial charge >= 0.3 is 0 Å². The van der Waals surface area contributed by atoms with Crippen molar-refractivity contribution in [3.8, 4) is 0 Å². The SMILES string of the molecule is CNC(C)c1cn(CCCC(C)(C)C)c(C)n1. The number of nitrogens with one attached hydrogen (secondary N) is 1. The number of hydrogen-bond acceptors (Lipinski definition) is 2. The van der Waals surface area contributed by atoms with Gasteiger partial charge in [-0.05, 0) is 39.2 Å². The van der Waals surface area contributed by atoms with Crippen LogP contribution < -0.4 is 5.32 Å². The van der Waals surface area contributed by atoms with Gasteiger partial charge in [-0.1, -0.05) is 20.8 Å². The fourth-order valence-electron chi connectivity index (χ4n) is 1.90. The lowest BCUT2D eigenvalue weighted by atomic mass is 9.91. The Hall–Kier alpha value is -0.830. The average Bonchev–Trinajstić information content (AvgIpc) is 2.57. The van der Waals surface area contributed by atoms with E-state index < -0.39 is 0 Å². The molecule has 0 saturated carbocycles. The summed E-state index contributed by atoms with van der Waals surface area (Å²) in [6.07, 6.45) is 4.65. The van der Waals surface area contributed by atoms with Crippen LogP contribution in [0.15, 0.2) is 6.20 Å². The van der Waals surface area contributed by atoms with E-state index in [0.717, 1.165) is 18.1 Å². The first-order valence-corrected chi connectivity index (χ1v) is 6.54. The van der Waals surface area contributed by atoms with Gasteiger partial charge in [0.2, 0.25) is 0 Å². The van der Waals surface area contributed by atoms with Crippen molar-refractivity contribution >= 4 is 0 Å². The Labute approximate surface area is 106 Å². The van der Waals surface area contributed by atoms with Crippen molar-refractivity contribution in [2.45, 2.75) is 60.0 Å². The number of nitrogens with zero attached hydrogens (tertiary/aromatic N) is 2. The summed E-state index contributed by atoms with van der Waals surface area (Å²) < 4.78 is 2.27. The number of imidazole rings is 1. The Morgan fingerprint density at radius 2 is 2.06 bits per heavy atom. The molecule has 17 heavy (non-hydrogen) atoms. The fraction of sp³-hybridized carbons (Fsp3) is 0.786. The first-order chi connectivity index (χ1) is 7.83. The summed E-state index contributed by atoms with van der Waals surface area (Å²) in [5.41, 5.74) is 1.57. The zero-order chi connectivity index (χ0) is 13.1. The van der Waals surface area contributed by atoms with Gasteiger partial charge in [-0.3, -0.25) is 0 Å². The molecule has 0 amide bonds. The molecule has 0 saturated heterocycles. The van der Waals surface area contributed by atoms with Crippen LogP contribution in [0.3, 0.4) is 0 Å². The molecule has 1 aromatic rings. The Bertz CT molecular complexity index is 347. The second kappa shape index (κ2) is 5.67. The van der Waals surface area contributed by atoms with Gasteiger partial charge in [-0.15, -0.1) is 0 Å². The molecule has 1 atom stereocenters. The zero-order valence-corrected chi connectivity index (χ0v) is 12.2. The van der Waals surface area contributed by atoms with Gasteiger partial charge < -0.3 is 9.88 Å². The van der Waals surface area contributed by atoms with Crippen molar-refractivity contribution in [1.82, 2.24) is 14.9 Å². The number of aryl methyl sites for hydroxylation is 2. The molecule has 0 bridgehead atoms. The Morgan fingerprint density at radius 3 is 2.59 bits per heavy atom. The maximum atomic E-state index is 4.60. The van der Waals surface area contributed by atoms with Crippen molar-refractivity contribution in [1.29, 1.82) is 0 Å². The lowest BCUT2D eigenvalue weighted by molar-refractivity contribution is 0.352. The van der Waals surface area contributed by atoms with Crippen LogP contribution in [-0.4, -0.2) is 16.6 Å². The van der Waals surface area contributed by atoms with Crippen molar-refractivity contribution < 1.29 is 0 Å². The highest BCUT2D eigenvalue weighted by Gasteiger charge is 2.12. The molecule has 1 unspecified atom stereocenters. The summed E-state index contributed by atoms with van der Waals surface area (Å²) in [4.78, 5) is 4.60. The van der Waals surface area contributed by atoms with Gasteiger partial charge in [-0.2, -0.15) is 0 Å². The molecule has 1 rings (SSSR count). The van der Waals surface area contributed by atoms with Crippen LogP contribution in [-0.2, 0) is 6.54 Å². The second-order valence-electron chi connectivity index (χ2n) is 6.08. The first-order valence-electron chi connectivity index (χ1n) is 6.54. The normalized spacial score (nSPS) is 14.0. The Balaban J connectivity index is 2.57. The lowest BCUT2D eigenvalue weighted by Crippen LogP contribution is -2.12. The lowest BCUT2D eigenvalue weighted by Gasteiger charge is -2.17. The molecule has 0 aliphatic heterocycles. The molecule has 1 N–H and O–H groups in total. The third-order valence-electron chi connectivity index (χ3n) is 3.20. The highest BCUT2D eigenvalue weighted by atomic mass is 15.1. The highest BCUT2D eigenvalue weighted by Crippen LogP contribution is 2.21. The smallest absolute Gasteiger partial charge is 0.105 e. The van der Waals surface area contributed by atoms with Gasteiger partial charge in [0.1, 0.15) is 5.82 Å². The van der Waals surface area contributed by atoms with E-state index in [2.05, 4.69) is 55.7 Å². The fourth-order valence-corrected chi connectivity index (χ4v) is 1.90. The molecule has 98 valence electrons. The molecule has 1 aromatic heterocycles. The zero-order valence-electron chi connectivity index (χ0n) is 12.2. The molecule has 0 aromatic carbocycles. The van der Waals surface area contributed by atoms with Crippen molar-refractivity contribution in [2.75, 3.05) is 7.05 Å². The van der Waals surface area contributed by atoms with Gasteiger partial charge in [0.05, 0.1) is 5.69 Å². The predicted octanol–water partition coefficient (Wildman–Crippen LogP) is 3.30. The molecule has 0 fully saturated rings. The molecule has 3 nitrogen and oxygen atoms in total. The van der Waals surface area contributed by atoms with Gasteiger partial charge in [0.25, 0.3) is 0 Å². The Morgan fingerprint density at radius 1 is 1.41 bits per heavy atom. The highest BCUT2D eigenvalue weighted by molar-refractivity contribution is 5.07. The number of rotatable bonds is 5. The molecule has 0 aliphatic carbocycles. The van der Waals surface area contributed by atoms with E-state index in [1.165, 1.54) is 12.8 Å². The minimum atomic E-state index is 0.331. The van der Waals surface area contributed by atoms with Crippen LogP contribution in [0.1, 0.15) is 58.1 Å². The summed E-state index contributed by atoms with van der Waals surface area (Å²) >= 11 is 0. The summed E-state index contributed by atoms with van der Waals surface area (Å²) in [5.74, 6) is 1.12. The van der Waals surface area contributed by atoms with Gasteiger partial charge in [0.15, 0.2) is 0 Å². The largest absolute Gasteiger partial charge is 0.335 e. The van der Waals surface area contributed by atoms with Crippen LogP contribution in [0, 0.1) is 12.3 Å². The summed E-state index contributed by atoms with van der Waals surface area (Å²) in [6, 6.07) is 0.331. The standard InChI is InChI=1S/C14H27N3/c1-11(15-6)13-10-17(12(2)16-13)9-7-8-14(3,4)5/h10-11,15H,7-9H2,1-6H3. The summed E-state index contributed by atoms with van der Waals surface area (Å²) in [5, 5.41) is 3.23. The van der Waals surface area contributed by atoms with Gasteiger partial charge in [-0.25, -0.2) is 4.98 Å². The minimum Gasteiger partial charge on any atom is -0.335 e. The van der Waals surface area contributed by atoms with E-state index in [4.69, 9.17) is 0 Å². The predicted molar refractivity (Wildman–Crippen MR) is 73.1 cm³/mol. The van der Waals surface area contributed by atoms with Crippen LogP contribution in [0.2, 0.25) is 0 Å². The van der Waals surface area contributed by atoms with E-state index in [1.54, 1.807) is 0 Å². The van der Waals surface area contributed by atoms with Gasteiger partial charge in [0, 0.05) is 18.8 Å². The molecule has 3 heteroatoms. The maximum absolute atomic E-state index is 4.60. The minimum absolute atomic E-state index is 0.331. The average molecular weight is 237 g/mol. The van der Waals surface area contributed by atoms with Crippen LogP contribution in [0.4, 0.5) is 0 Å². The monoisotopic (exact) mass is 237 g/mol. The van der Waals surface area contributed by atoms with Crippen molar-refractivity contribution in [3.63, 3.8) is 0 Å². The third kappa shape index (κ3) is 4.50. The molecular weight excluding hydrogens is 210 g/mol. The van der Waals surface area contributed by atoms with E-state index in [9.17, 15) is 0 Å². The van der Waals surface area contributed by atoms with E-state index >= 15 is 0 Å².